The van der Waals surface area contributed by atoms with Crippen LogP contribution < -0.4 is 0 Å². The normalized spacial score (nSPS) is 12.4. The van der Waals surface area contributed by atoms with E-state index in [9.17, 15) is 0 Å². The van der Waals surface area contributed by atoms with Crippen molar-refractivity contribution in [1.29, 1.82) is 0 Å². The van der Waals surface area contributed by atoms with Crippen LogP contribution in [0.15, 0.2) is 176 Å². The van der Waals surface area contributed by atoms with Crippen molar-refractivity contribution >= 4 is 38.8 Å². The largest absolute Gasteiger partial charge is 0.311 e. The average Bonchev–Trinajstić information content (AvgIpc) is 3.78. The van der Waals surface area contributed by atoms with Crippen LogP contribution in [0.4, 0.5) is 0 Å². The molecule has 4 aromatic heterocycles. The summed E-state index contributed by atoms with van der Waals surface area (Å²) in [5.74, 6) is 1.75. The Labute approximate surface area is 323 Å². The Morgan fingerprint density at radius 1 is 0.429 bits per heavy atom. The van der Waals surface area contributed by atoms with Gasteiger partial charge in [-0.2, -0.15) is 0 Å². The number of hydrogen-bond acceptors (Lipinski definition) is 4. The minimum atomic E-state index is 0.531. The number of hydrogen-bond donors (Lipinski definition) is 0. The Hall–Kier alpha value is -7.44. The van der Waals surface area contributed by atoms with Gasteiger partial charge in [0.25, 0.3) is 0 Å². The number of rotatable bonds is 6. The molecule has 11 rings (SSSR count). The lowest BCUT2D eigenvalue weighted by Crippen LogP contribution is -2.05. The summed E-state index contributed by atoms with van der Waals surface area (Å²) in [4.78, 5) is 20.0. The predicted molar refractivity (Wildman–Crippen MR) is 228 cm³/mol. The quantitative estimate of drug-likeness (QED) is 0.172. The van der Waals surface area contributed by atoms with E-state index < -0.39 is 0 Å². The first-order chi connectivity index (χ1) is 27.8. The van der Waals surface area contributed by atoms with Crippen LogP contribution in [0.5, 0.6) is 0 Å². The highest BCUT2D eigenvalue weighted by Gasteiger charge is 2.22. The van der Waals surface area contributed by atoms with Crippen LogP contribution in [0.3, 0.4) is 0 Å². The molecule has 0 amide bonds. The van der Waals surface area contributed by atoms with Gasteiger partial charge >= 0.3 is 0 Å². The molecule has 264 valence electrons. The zero-order valence-corrected chi connectivity index (χ0v) is 30.4. The van der Waals surface area contributed by atoms with E-state index in [4.69, 9.17) is 19.9 Å². The first kappa shape index (κ1) is 32.0. The zero-order valence-electron chi connectivity index (χ0n) is 30.4. The van der Waals surface area contributed by atoms with Gasteiger partial charge in [0, 0.05) is 44.2 Å². The molecule has 4 heterocycles. The van der Waals surface area contributed by atoms with E-state index in [1.165, 1.54) is 44.0 Å². The zero-order chi connectivity index (χ0) is 37.0. The lowest BCUT2D eigenvalue weighted by molar-refractivity contribution is 0.885. The summed E-state index contributed by atoms with van der Waals surface area (Å²) in [7, 11) is 0. The highest BCUT2D eigenvalue weighted by Crippen LogP contribution is 2.40. The highest BCUT2D eigenvalue weighted by atomic mass is 15.1. The maximum Gasteiger partial charge on any atom is 0.182 e. The van der Waals surface area contributed by atoms with Gasteiger partial charge in [0.2, 0.25) is 0 Å². The minimum Gasteiger partial charge on any atom is -0.311 e. The maximum atomic E-state index is 5.05. The van der Waals surface area contributed by atoms with Crippen LogP contribution >= 0.6 is 0 Å². The molecule has 6 nitrogen and oxygen atoms in total. The second-order valence-corrected chi connectivity index (χ2v) is 14.2. The molecule has 6 heteroatoms. The number of pyridine rings is 1. The van der Waals surface area contributed by atoms with E-state index in [1.807, 2.05) is 48.7 Å². The highest BCUT2D eigenvalue weighted by molar-refractivity contribution is 6.14. The molecule has 0 spiro atoms. The van der Waals surface area contributed by atoms with E-state index >= 15 is 0 Å². The Balaban J connectivity index is 1.05. The molecule has 10 aromatic rings. The lowest BCUT2D eigenvalue weighted by Gasteiger charge is -2.14. The van der Waals surface area contributed by atoms with Crippen LogP contribution in [0.25, 0.3) is 95.6 Å². The van der Waals surface area contributed by atoms with Crippen LogP contribution in [0, 0.1) is 0 Å². The van der Waals surface area contributed by atoms with Crippen LogP contribution in [-0.4, -0.2) is 29.1 Å². The molecule has 0 saturated heterocycles. The first-order valence-electron chi connectivity index (χ1n) is 19.0. The summed E-state index contributed by atoms with van der Waals surface area (Å²) >= 11 is 0. The van der Waals surface area contributed by atoms with Gasteiger partial charge in [0.15, 0.2) is 17.5 Å². The summed E-state index contributed by atoms with van der Waals surface area (Å²) in [5.41, 5.74) is 13.1. The summed E-state index contributed by atoms with van der Waals surface area (Å²) in [6.45, 7) is 0. The maximum absolute atomic E-state index is 5.05. The van der Waals surface area contributed by atoms with Gasteiger partial charge in [-0.3, -0.25) is 4.98 Å². The Morgan fingerprint density at radius 2 is 1.04 bits per heavy atom. The number of allylic oxidation sites excluding steroid dienone is 1. The van der Waals surface area contributed by atoms with Crippen molar-refractivity contribution in [2.45, 2.75) is 12.8 Å². The fraction of sp³-hybridized carbons (Fsp3) is 0.0400. The van der Waals surface area contributed by atoms with Crippen LogP contribution in [0.2, 0.25) is 0 Å². The molecule has 0 saturated carbocycles. The van der Waals surface area contributed by atoms with E-state index in [1.54, 1.807) is 0 Å². The third-order valence-electron chi connectivity index (χ3n) is 10.9. The number of aromatic nitrogens is 6. The van der Waals surface area contributed by atoms with Crippen molar-refractivity contribution in [3.05, 3.63) is 187 Å². The molecule has 1 aliphatic rings. The molecule has 0 radical (unpaired) electrons. The molecule has 0 bridgehead atoms. The van der Waals surface area contributed by atoms with Gasteiger partial charge in [0.1, 0.15) is 5.69 Å². The molecular weight excluding hydrogens is 685 g/mol. The molecule has 6 aromatic carbocycles. The van der Waals surface area contributed by atoms with Crippen molar-refractivity contribution < 1.29 is 0 Å². The van der Waals surface area contributed by atoms with Crippen molar-refractivity contribution in [3.8, 4) is 56.8 Å². The molecule has 1 aliphatic carbocycles. The van der Waals surface area contributed by atoms with Crippen molar-refractivity contribution in [3.63, 3.8) is 0 Å². The number of nitrogens with zero attached hydrogens (tertiary/aromatic N) is 6. The predicted octanol–water partition coefficient (Wildman–Crippen LogP) is 11.9. The molecule has 0 N–H and O–H groups in total. The van der Waals surface area contributed by atoms with Crippen molar-refractivity contribution in [2.24, 2.45) is 0 Å². The van der Waals surface area contributed by atoms with Crippen LogP contribution in [0.1, 0.15) is 17.7 Å². The second-order valence-electron chi connectivity index (χ2n) is 14.2. The molecule has 0 unspecified atom stereocenters. The van der Waals surface area contributed by atoms with Gasteiger partial charge in [-0.25, -0.2) is 15.0 Å². The SMILES string of the molecule is C1=Cc2c(n(-c3ccc(-c4nc(-c5ccccc5)nc(-c5ccc(-c6ccccc6)cc5)n4)nc3)c3cc4c(cc23)c2ccccc2n4-c2ccccc2)CC1. The second kappa shape index (κ2) is 13.1. The summed E-state index contributed by atoms with van der Waals surface area (Å²) in [6, 6.07) is 57.1. The van der Waals surface area contributed by atoms with E-state index in [0.717, 1.165) is 46.4 Å². The van der Waals surface area contributed by atoms with Gasteiger partial charge in [0.05, 0.1) is 28.4 Å². The fourth-order valence-corrected chi connectivity index (χ4v) is 8.26. The molecule has 56 heavy (non-hydrogen) atoms. The number of benzene rings is 6. The summed E-state index contributed by atoms with van der Waals surface area (Å²) in [5, 5.41) is 3.74. The third kappa shape index (κ3) is 5.34. The van der Waals surface area contributed by atoms with E-state index in [2.05, 4.69) is 143 Å². The Bertz CT molecular complexity index is 3090. The first-order valence-corrected chi connectivity index (χ1v) is 19.0. The molecule has 0 aliphatic heterocycles. The van der Waals surface area contributed by atoms with Crippen LogP contribution in [-0.2, 0) is 6.42 Å². The smallest absolute Gasteiger partial charge is 0.182 e. The minimum absolute atomic E-state index is 0.531. The average molecular weight is 719 g/mol. The third-order valence-corrected chi connectivity index (χ3v) is 10.9. The van der Waals surface area contributed by atoms with Gasteiger partial charge in [-0.05, 0) is 66.4 Å². The van der Waals surface area contributed by atoms with Gasteiger partial charge in [-0.1, -0.05) is 133 Å². The van der Waals surface area contributed by atoms with Gasteiger partial charge < -0.3 is 9.13 Å². The standard InChI is InChI=1S/C50H34N6/c1-4-14-33(15-5-1)34-24-26-36(27-25-34)49-52-48(35-16-6-2-7-17-35)53-50(54-49)43-29-28-38(32-51-43)56-45-23-13-11-21-40(45)42-30-41-39-20-10-12-22-44(39)55(46(41)31-47(42)56)37-18-8-3-9-19-37/h1-12,14-22,24-32H,13,23H2. The monoisotopic (exact) mass is 718 g/mol. The lowest BCUT2D eigenvalue weighted by atomic mass is 10.0. The van der Waals surface area contributed by atoms with E-state index in [-0.39, 0.29) is 0 Å². The fourth-order valence-electron chi connectivity index (χ4n) is 8.26. The number of para-hydroxylation sites is 2. The van der Waals surface area contributed by atoms with Crippen molar-refractivity contribution in [2.75, 3.05) is 0 Å². The number of fused-ring (bicyclic) bond motifs is 6. The topological polar surface area (TPSA) is 61.4 Å². The molecule has 0 fully saturated rings. The van der Waals surface area contributed by atoms with E-state index in [0.29, 0.717) is 23.2 Å². The Morgan fingerprint density at radius 3 is 1.77 bits per heavy atom. The molecule has 0 atom stereocenters. The van der Waals surface area contributed by atoms with Gasteiger partial charge in [-0.15, -0.1) is 0 Å². The van der Waals surface area contributed by atoms with Crippen molar-refractivity contribution in [1.82, 2.24) is 29.1 Å². The Kier molecular flexibility index (Phi) is 7.52. The summed E-state index contributed by atoms with van der Waals surface area (Å²) < 4.78 is 4.79. The summed E-state index contributed by atoms with van der Waals surface area (Å²) in [6.07, 6.45) is 8.50. The molecular formula is C50H34N6.